The fourth-order valence-electron chi connectivity index (χ4n) is 2.48. The molecule has 1 amide bonds. The average molecular weight is 418 g/mol. The largest absolute Gasteiger partial charge is 0.491 e. The zero-order valence-electron chi connectivity index (χ0n) is 15.7. The van der Waals surface area contributed by atoms with Crippen molar-refractivity contribution < 1.29 is 22.7 Å². The summed E-state index contributed by atoms with van der Waals surface area (Å²) in [5.74, 6) is -4.43. The van der Waals surface area contributed by atoms with Crippen LogP contribution in [0.4, 0.5) is 30.6 Å². The third-order valence-corrected chi connectivity index (χ3v) is 3.87. The van der Waals surface area contributed by atoms with E-state index in [0.717, 1.165) is 7.11 Å². The van der Waals surface area contributed by atoms with Crippen LogP contribution >= 0.6 is 0 Å². The number of carbonyl (C=O) groups excluding carboxylic acids is 1. The van der Waals surface area contributed by atoms with Crippen molar-refractivity contribution in [2.45, 2.75) is 0 Å². The lowest BCUT2D eigenvalue weighted by Crippen LogP contribution is -2.30. The molecule has 156 valence electrons. The molecule has 2 heterocycles. The third-order valence-electron chi connectivity index (χ3n) is 3.87. The first-order chi connectivity index (χ1) is 14.5. The molecule has 0 saturated carbocycles. The highest BCUT2D eigenvalue weighted by atomic mass is 19.2. The summed E-state index contributed by atoms with van der Waals surface area (Å²) >= 11 is 0. The molecule has 30 heavy (non-hydrogen) atoms. The quantitative estimate of drug-likeness (QED) is 0.382. The molecule has 3 N–H and O–H groups in total. The van der Waals surface area contributed by atoms with Crippen molar-refractivity contribution in [2.24, 2.45) is 0 Å². The number of hydrogen-bond donors (Lipinski definition) is 3. The van der Waals surface area contributed by atoms with Crippen molar-refractivity contribution in [1.82, 2.24) is 20.3 Å². The summed E-state index contributed by atoms with van der Waals surface area (Å²) in [7, 11) is 0.977. The van der Waals surface area contributed by atoms with Crippen LogP contribution < -0.4 is 20.7 Å². The molecule has 0 radical (unpaired) electrons. The minimum Gasteiger partial charge on any atom is -0.491 e. The minimum absolute atomic E-state index is 0.0621. The van der Waals surface area contributed by atoms with Crippen LogP contribution in [0.1, 0.15) is 10.4 Å². The molecule has 0 spiro atoms. The van der Waals surface area contributed by atoms with Crippen molar-refractivity contribution in [1.29, 1.82) is 0 Å². The van der Waals surface area contributed by atoms with Crippen LogP contribution in [0.5, 0.6) is 5.75 Å². The summed E-state index contributed by atoms with van der Waals surface area (Å²) < 4.78 is 45.6. The van der Waals surface area contributed by atoms with E-state index in [1.165, 1.54) is 6.33 Å². The number of halogens is 3. The van der Waals surface area contributed by atoms with E-state index in [9.17, 15) is 18.0 Å². The number of amides is 1. The second-order valence-corrected chi connectivity index (χ2v) is 5.88. The molecule has 1 aromatic carbocycles. The second kappa shape index (κ2) is 9.54. The van der Waals surface area contributed by atoms with Crippen LogP contribution in [0, 0.1) is 17.5 Å². The first-order valence-corrected chi connectivity index (χ1v) is 8.73. The Morgan fingerprint density at radius 1 is 1.00 bits per heavy atom. The molecule has 8 nitrogen and oxygen atoms in total. The summed E-state index contributed by atoms with van der Waals surface area (Å²) in [4.78, 5) is 24.4. The van der Waals surface area contributed by atoms with Gasteiger partial charge in [-0.05, 0) is 18.2 Å². The van der Waals surface area contributed by atoms with Gasteiger partial charge in [0.05, 0.1) is 12.7 Å². The zero-order chi connectivity index (χ0) is 21.5. The third kappa shape index (κ3) is 4.93. The lowest BCUT2D eigenvalue weighted by molar-refractivity contribution is 0.0949. The van der Waals surface area contributed by atoms with E-state index >= 15 is 0 Å². The van der Waals surface area contributed by atoms with E-state index in [1.54, 1.807) is 24.4 Å². The monoisotopic (exact) mass is 418 g/mol. The van der Waals surface area contributed by atoms with Crippen molar-refractivity contribution in [2.75, 3.05) is 30.8 Å². The van der Waals surface area contributed by atoms with Crippen LogP contribution in [0.25, 0.3) is 0 Å². The molecule has 0 atom stereocenters. The van der Waals surface area contributed by atoms with Crippen molar-refractivity contribution in [3.63, 3.8) is 0 Å². The van der Waals surface area contributed by atoms with Gasteiger partial charge >= 0.3 is 0 Å². The minimum atomic E-state index is -1.49. The normalized spacial score (nSPS) is 10.4. The molecule has 0 aliphatic carbocycles. The number of carbonyl (C=O) groups is 1. The van der Waals surface area contributed by atoms with Crippen LogP contribution in [0.15, 0.2) is 42.9 Å². The molecule has 11 heteroatoms. The topological polar surface area (TPSA) is 101 Å². The average Bonchev–Trinajstić information content (AvgIpc) is 2.75. The molecule has 0 fully saturated rings. The number of anilines is 3. The number of methoxy groups -OCH3 is 1. The molecule has 0 saturated heterocycles. The summed E-state index contributed by atoms with van der Waals surface area (Å²) in [6.07, 6.45) is 2.98. The Labute approximate surface area is 169 Å². The van der Waals surface area contributed by atoms with Gasteiger partial charge < -0.3 is 20.7 Å². The predicted octanol–water partition coefficient (Wildman–Crippen LogP) is 2.88. The van der Waals surface area contributed by atoms with Crippen molar-refractivity contribution in [3.8, 4) is 5.75 Å². The maximum absolute atomic E-state index is 14.1. The van der Waals surface area contributed by atoms with E-state index < -0.39 is 34.7 Å². The van der Waals surface area contributed by atoms with Gasteiger partial charge in [0.1, 0.15) is 23.8 Å². The summed E-state index contributed by atoms with van der Waals surface area (Å²) in [5, 5.41) is 8.37. The van der Waals surface area contributed by atoms with E-state index in [2.05, 4.69) is 35.6 Å². The number of rotatable bonds is 8. The van der Waals surface area contributed by atoms with Gasteiger partial charge in [0.25, 0.3) is 5.91 Å². The SMILES string of the molecule is COc1c(F)c(F)cc(C(=O)NCCNc2cc(Nc3ccccn3)ncn2)c1F. The lowest BCUT2D eigenvalue weighted by atomic mass is 10.1. The Bertz CT molecular complexity index is 1040. The molecule has 3 rings (SSSR count). The second-order valence-electron chi connectivity index (χ2n) is 5.88. The molecular weight excluding hydrogens is 401 g/mol. The molecule has 0 aliphatic rings. The number of pyridine rings is 1. The summed E-state index contributed by atoms with van der Waals surface area (Å²) in [6.45, 7) is 0.292. The van der Waals surface area contributed by atoms with E-state index in [4.69, 9.17) is 0 Å². The number of ether oxygens (including phenoxy) is 1. The maximum atomic E-state index is 14.1. The highest BCUT2D eigenvalue weighted by Crippen LogP contribution is 2.26. The zero-order valence-corrected chi connectivity index (χ0v) is 15.7. The van der Waals surface area contributed by atoms with Gasteiger partial charge in [0.2, 0.25) is 5.82 Å². The van der Waals surface area contributed by atoms with Crippen LogP contribution in [0.2, 0.25) is 0 Å². The lowest BCUT2D eigenvalue weighted by Gasteiger charge is -2.11. The predicted molar refractivity (Wildman–Crippen MR) is 103 cm³/mol. The van der Waals surface area contributed by atoms with E-state index in [1.807, 2.05) is 6.07 Å². The van der Waals surface area contributed by atoms with Gasteiger partial charge in [-0.15, -0.1) is 0 Å². The number of nitrogens with one attached hydrogen (secondary N) is 3. The van der Waals surface area contributed by atoms with Crippen LogP contribution in [0.3, 0.4) is 0 Å². The fourth-order valence-corrected chi connectivity index (χ4v) is 2.48. The Morgan fingerprint density at radius 3 is 2.53 bits per heavy atom. The van der Waals surface area contributed by atoms with E-state index in [-0.39, 0.29) is 13.1 Å². The highest BCUT2D eigenvalue weighted by Gasteiger charge is 2.23. The van der Waals surface area contributed by atoms with Gasteiger partial charge in [-0.3, -0.25) is 4.79 Å². The van der Waals surface area contributed by atoms with Crippen molar-refractivity contribution >= 4 is 23.4 Å². The Morgan fingerprint density at radius 2 is 1.80 bits per heavy atom. The standard InChI is InChI=1S/C19H17F3N6O2/c1-30-18-16(21)11(8-12(20)17(18)22)19(29)25-7-6-24-14-9-15(27-10-26-14)28-13-4-2-3-5-23-13/h2-5,8-10H,6-7H2,1H3,(H,25,29)(H2,23,24,26,27,28). The Hall–Kier alpha value is -3.89. The molecule has 0 unspecified atom stereocenters. The van der Waals surface area contributed by atoms with Gasteiger partial charge in [-0.2, -0.15) is 4.39 Å². The molecule has 2 aromatic heterocycles. The maximum Gasteiger partial charge on any atom is 0.254 e. The van der Waals surface area contributed by atoms with E-state index in [0.29, 0.717) is 23.5 Å². The number of nitrogens with zero attached hydrogens (tertiary/aromatic N) is 3. The molecule has 0 aliphatic heterocycles. The molecular formula is C19H17F3N6O2. The fraction of sp³-hybridized carbons (Fsp3) is 0.158. The van der Waals surface area contributed by atoms with Crippen molar-refractivity contribution in [3.05, 3.63) is 65.9 Å². The smallest absolute Gasteiger partial charge is 0.254 e. The molecule has 0 bridgehead atoms. The van der Waals surface area contributed by atoms with Gasteiger partial charge in [-0.1, -0.05) is 6.07 Å². The first kappa shape index (κ1) is 20.8. The first-order valence-electron chi connectivity index (χ1n) is 8.73. The number of hydrogen-bond acceptors (Lipinski definition) is 7. The van der Waals surface area contributed by atoms with Gasteiger partial charge in [-0.25, -0.2) is 23.7 Å². The highest BCUT2D eigenvalue weighted by molar-refractivity contribution is 5.95. The number of benzene rings is 1. The van der Waals surface area contributed by atoms with Crippen LogP contribution in [-0.2, 0) is 0 Å². The van der Waals surface area contributed by atoms with Gasteiger partial charge in [0.15, 0.2) is 17.4 Å². The summed E-state index contributed by atoms with van der Waals surface area (Å²) in [5.41, 5.74) is -0.658. The Balaban J connectivity index is 1.55. The van der Waals surface area contributed by atoms with Gasteiger partial charge in [0, 0.05) is 25.4 Å². The number of aromatic nitrogens is 3. The van der Waals surface area contributed by atoms with Crippen LogP contribution in [-0.4, -0.2) is 41.1 Å². The Kier molecular flexibility index (Phi) is 6.63. The molecule has 3 aromatic rings. The summed E-state index contributed by atoms with van der Waals surface area (Å²) in [6, 6.07) is 7.50.